The minimum atomic E-state index is -0.757. The fraction of sp³-hybridized carbons (Fsp3) is 0.250. The van der Waals surface area contributed by atoms with Crippen LogP contribution < -0.4 is 0 Å². The van der Waals surface area contributed by atoms with Gasteiger partial charge in [-0.3, -0.25) is 4.79 Å². The van der Waals surface area contributed by atoms with Crippen molar-refractivity contribution in [2.45, 2.75) is 39.2 Å². The van der Waals surface area contributed by atoms with Crippen molar-refractivity contribution in [1.82, 2.24) is 15.1 Å². The second kappa shape index (κ2) is 9.72. The van der Waals surface area contributed by atoms with Crippen LogP contribution in [0, 0.1) is 11.6 Å². The topological polar surface area (TPSA) is 91.2 Å². The average Bonchev–Trinajstić information content (AvgIpc) is 3.46. The molecule has 0 aliphatic rings. The lowest BCUT2D eigenvalue weighted by Crippen LogP contribution is -2.06. The van der Waals surface area contributed by atoms with E-state index in [0.29, 0.717) is 11.7 Å². The molecule has 2 aromatic carbocycles. The normalized spacial score (nSPS) is 11.2. The molecule has 4 rings (SSSR count). The summed E-state index contributed by atoms with van der Waals surface area (Å²) in [6.45, 7) is 4.07. The minimum Gasteiger partial charge on any atom is -0.456 e. The Morgan fingerprint density at radius 3 is 2.61 bits per heavy atom. The van der Waals surface area contributed by atoms with Gasteiger partial charge in [0, 0.05) is 18.1 Å². The maximum absolute atomic E-state index is 13.9. The van der Waals surface area contributed by atoms with E-state index in [9.17, 15) is 13.6 Å². The fourth-order valence-corrected chi connectivity index (χ4v) is 3.11. The number of esters is 1. The van der Waals surface area contributed by atoms with Gasteiger partial charge in [0.1, 0.15) is 11.6 Å². The first kappa shape index (κ1) is 22.3. The van der Waals surface area contributed by atoms with Gasteiger partial charge in [-0.05, 0) is 23.6 Å². The summed E-state index contributed by atoms with van der Waals surface area (Å²) in [7, 11) is 0. The van der Waals surface area contributed by atoms with E-state index in [1.807, 2.05) is 24.3 Å². The summed E-state index contributed by atoms with van der Waals surface area (Å²) in [6.07, 6.45) is 1.47. The quantitative estimate of drug-likeness (QED) is 0.327. The highest BCUT2D eigenvalue weighted by Crippen LogP contribution is 2.25. The molecule has 0 fully saturated rings. The summed E-state index contributed by atoms with van der Waals surface area (Å²) in [6, 6.07) is 11.0. The average molecular weight is 453 g/mol. The zero-order valence-corrected chi connectivity index (χ0v) is 18.0. The highest BCUT2D eigenvalue weighted by atomic mass is 19.1. The maximum Gasteiger partial charge on any atom is 0.306 e. The highest BCUT2D eigenvalue weighted by Gasteiger charge is 2.15. The van der Waals surface area contributed by atoms with E-state index in [4.69, 9.17) is 13.7 Å². The predicted octanol–water partition coefficient (Wildman–Crippen LogP) is 5.47. The second-order valence-corrected chi connectivity index (χ2v) is 7.69. The third-order valence-corrected chi connectivity index (χ3v) is 4.95. The van der Waals surface area contributed by atoms with Gasteiger partial charge in [-0.2, -0.15) is 4.98 Å². The summed E-state index contributed by atoms with van der Waals surface area (Å²) in [5.41, 5.74) is 2.10. The Kier molecular flexibility index (Phi) is 6.58. The molecule has 33 heavy (non-hydrogen) atoms. The Labute approximate surface area is 188 Å². The standard InChI is InChI=1S/C24H21F2N3O4/c1-14(2)15-3-5-16(6-4-15)24-28-22(33-29-24)13-31-23(30)10-9-21-27-12-20(32-21)18-8-7-17(25)11-19(18)26/h3-8,11-12,14H,9-10,13H2,1-2H3. The van der Waals surface area contributed by atoms with Crippen molar-refractivity contribution in [1.29, 1.82) is 0 Å². The Morgan fingerprint density at radius 2 is 1.88 bits per heavy atom. The van der Waals surface area contributed by atoms with Crippen molar-refractivity contribution in [2.24, 2.45) is 0 Å². The highest BCUT2D eigenvalue weighted by molar-refractivity contribution is 5.69. The van der Waals surface area contributed by atoms with E-state index in [1.165, 1.54) is 17.8 Å². The van der Waals surface area contributed by atoms with Gasteiger partial charge in [-0.1, -0.05) is 43.3 Å². The Morgan fingerprint density at radius 1 is 1.09 bits per heavy atom. The smallest absolute Gasteiger partial charge is 0.306 e. The number of rotatable bonds is 8. The van der Waals surface area contributed by atoms with Crippen molar-refractivity contribution in [3.63, 3.8) is 0 Å². The number of carbonyl (C=O) groups is 1. The van der Waals surface area contributed by atoms with Crippen LogP contribution in [0.2, 0.25) is 0 Å². The Hall–Kier alpha value is -3.88. The largest absolute Gasteiger partial charge is 0.456 e. The zero-order valence-electron chi connectivity index (χ0n) is 18.0. The van der Waals surface area contributed by atoms with Crippen molar-refractivity contribution in [3.8, 4) is 22.7 Å². The monoisotopic (exact) mass is 453 g/mol. The number of hydrogen-bond donors (Lipinski definition) is 0. The molecule has 0 spiro atoms. The van der Waals surface area contributed by atoms with Gasteiger partial charge >= 0.3 is 5.97 Å². The van der Waals surface area contributed by atoms with Crippen molar-refractivity contribution < 1.29 is 27.3 Å². The number of benzene rings is 2. The van der Waals surface area contributed by atoms with Gasteiger partial charge in [0.2, 0.25) is 5.82 Å². The number of hydrogen-bond acceptors (Lipinski definition) is 7. The zero-order chi connectivity index (χ0) is 23.4. The first-order valence-electron chi connectivity index (χ1n) is 10.4. The summed E-state index contributed by atoms with van der Waals surface area (Å²) in [5, 5.41) is 3.92. The van der Waals surface area contributed by atoms with Crippen LogP contribution in [0.3, 0.4) is 0 Å². The van der Waals surface area contributed by atoms with Gasteiger partial charge in [-0.15, -0.1) is 0 Å². The van der Waals surface area contributed by atoms with E-state index in [-0.39, 0.29) is 42.6 Å². The van der Waals surface area contributed by atoms with Crippen LogP contribution in [-0.2, 0) is 22.6 Å². The van der Waals surface area contributed by atoms with Gasteiger partial charge in [0.15, 0.2) is 18.3 Å². The van der Waals surface area contributed by atoms with E-state index >= 15 is 0 Å². The molecule has 2 aromatic heterocycles. The molecule has 0 aliphatic carbocycles. The summed E-state index contributed by atoms with van der Waals surface area (Å²) in [4.78, 5) is 20.3. The van der Waals surface area contributed by atoms with Crippen molar-refractivity contribution in [2.75, 3.05) is 0 Å². The number of aryl methyl sites for hydroxylation is 1. The maximum atomic E-state index is 13.9. The Bertz CT molecular complexity index is 1250. The molecule has 0 radical (unpaired) electrons. The van der Waals surface area contributed by atoms with Crippen LogP contribution in [0.4, 0.5) is 8.78 Å². The van der Waals surface area contributed by atoms with E-state index in [1.54, 1.807) is 0 Å². The van der Waals surface area contributed by atoms with Gasteiger partial charge in [0.05, 0.1) is 18.2 Å². The van der Waals surface area contributed by atoms with Crippen molar-refractivity contribution in [3.05, 3.63) is 77.6 Å². The minimum absolute atomic E-state index is 0.0104. The molecule has 0 atom stereocenters. The molecular weight excluding hydrogens is 432 g/mol. The summed E-state index contributed by atoms with van der Waals surface area (Å²) >= 11 is 0. The second-order valence-electron chi connectivity index (χ2n) is 7.69. The van der Waals surface area contributed by atoms with Crippen LogP contribution >= 0.6 is 0 Å². The summed E-state index contributed by atoms with van der Waals surface area (Å²) in [5.74, 6) is -0.558. The number of ether oxygens (including phenoxy) is 1. The number of halogens is 2. The Balaban J connectivity index is 1.28. The SMILES string of the molecule is CC(C)c1ccc(-c2noc(COC(=O)CCc3ncc(-c4ccc(F)cc4F)o3)n2)cc1. The van der Waals surface area contributed by atoms with E-state index in [0.717, 1.165) is 17.7 Å². The van der Waals surface area contributed by atoms with Gasteiger partial charge < -0.3 is 13.7 Å². The molecule has 0 saturated heterocycles. The van der Waals surface area contributed by atoms with Crippen LogP contribution in [0.5, 0.6) is 0 Å². The molecule has 0 amide bonds. The molecule has 0 unspecified atom stereocenters. The molecule has 170 valence electrons. The third-order valence-electron chi connectivity index (χ3n) is 4.95. The van der Waals surface area contributed by atoms with Crippen LogP contribution in [0.15, 0.2) is 57.6 Å². The first-order chi connectivity index (χ1) is 15.9. The van der Waals surface area contributed by atoms with E-state index < -0.39 is 17.6 Å². The third kappa shape index (κ3) is 5.49. The number of aromatic nitrogens is 3. The van der Waals surface area contributed by atoms with Crippen LogP contribution in [0.25, 0.3) is 22.7 Å². The van der Waals surface area contributed by atoms with Gasteiger partial charge in [0.25, 0.3) is 5.89 Å². The molecule has 2 heterocycles. The van der Waals surface area contributed by atoms with Crippen molar-refractivity contribution >= 4 is 5.97 Å². The molecule has 0 N–H and O–H groups in total. The molecule has 7 nitrogen and oxygen atoms in total. The molecule has 4 aromatic rings. The number of nitrogens with zero attached hydrogens (tertiary/aromatic N) is 3. The summed E-state index contributed by atoms with van der Waals surface area (Å²) < 4.78 is 42.7. The number of oxazole rings is 1. The molecule has 0 bridgehead atoms. The molecule has 0 aliphatic heterocycles. The van der Waals surface area contributed by atoms with Gasteiger partial charge in [-0.25, -0.2) is 13.8 Å². The lowest BCUT2D eigenvalue weighted by molar-refractivity contribution is -0.145. The van der Waals surface area contributed by atoms with Crippen LogP contribution in [-0.4, -0.2) is 21.1 Å². The first-order valence-corrected chi connectivity index (χ1v) is 10.4. The molecular formula is C24H21F2N3O4. The molecule has 9 heteroatoms. The van der Waals surface area contributed by atoms with E-state index in [2.05, 4.69) is 29.0 Å². The molecule has 0 saturated carbocycles. The lowest BCUT2D eigenvalue weighted by Gasteiger charge is -2.04. The number of carbonyl (C=O) groups excluding carboxylic acids is 1. The fourth-order valence-electron chi connectivity index (χ4n) is 3.11. The lowest BCUT2D eigenvalue weighted by atomic mass is 10.0. The van der Waals surface area contributed by atoms with Crippen LogP contribution in [0.1, 0.15) is 43.5 Å². The predicted molar refractivity (Wildman–Crippen MR) is 114 cm³/mol.